The summed E-state index contributed by atoms with van der Waals surface area (Å²) in [5.74, 6) is 1.94. The molecule has 1 amide bonds. The molecule has 34 heavy (non-hydrogen) atoms. The minimum atomic E-state index is -0.0573. The van der Waals surface area contributed by atoms with Crippen molar-refractivity contribution < 1.29 is 9.53 Å². The van der Waals surface area contributed by atoms with Crippen molar-refractivity contribution in [1.29, 1.82) is 0 Å². The van der Waals surface area contributed by atoms with Gasteiger partial charge in [0, 0.05) is 25.8 Å². The van der Waals surface area contributed by atoms with Crippen LogP contribution in [0.25, 0.3) is 5.69 Å². The average molecular weight is 481 g/mol. The quantitative estimate of drug-likeness (QED) is 0.517. The summed E-state index contributed by atoms with van der Waals surface area (Å²) in [6.07, 6.45) is 2.20. The van der Waals surface area contributed by atoms with E-state index in [2.05, 4.69) is 71.3 Å². The van der Waals surface area contributed by atoms with E-state index in [4.69, 9.17) is 4.74 Å². The second kappa shape index (κ2) is 10.6. The summed E-state index contributed by atoms with van der Waals surface area (Å²) >= 11 is 1.39. The number of anilines is 1. The maximum atomic E-state index is 12.5. The first-order valence-electron chi connectivity index (χ1n) is 11.5. The predicted molar refractivity (Wildman–Crippen MR) is 135 cm³/mol. The number of hydrogen-bond donors (Lipinski definition) is 1. The van der Waals surface area contributed by atoms with Crippen LogP contribution >= 0.6 is 11.8 Å². The van der Waals surface area contributed by atoms with E-state index in [1.54, 1.807) is 0 Å². The number of amides is 1. The summed E-state index contributed by atoms with van der Waals surface area (Å²) in [5, 5.41) is 12.2. The van der Waals surface area contributed by atoms with Crippen molar-refractivity contribution in [3.63, 3.8) is 0 Å². The van der Waals surface area contributed by atoms with Crippen LogP contribution in [0.15, 0.2) is 41.7 Å². The summed E-state index contributed by atoms with van der Waals surface area (Å²) in [6, 6.07) is 10.3. The Bertz CT molecular complexity index is 1140. The van der Waals surface area contributed by atoms with Gasteiger partial charge >= 0.3 is 0 Å². The Morgan fingerprint density at radius 1 is 1.12 bits per heavy atom. The highest BCUT2D eigenvalue weighted by atomic mass is 32.2. The molecule has 1 N–H and O–H groups in total. The summed E-state index contributed by atoms with van der Waals surface area (Å²) in [4.78, 5) is 19.4. The molecule has 3 heterocycles. The summed E-state index contributed by atoms with van der Waals surface area (Å²) < 4.78 is 7.81. The van der Waals surface area contributed by atoms with Crippen molar-refractivity contribution in [3.05, 3.63) is 59.0 Å². The Hall–Kier alpha value is -2.91. The number of carbonyl (C=O) groups excluding carboxylic acids is 1. The van der Waals surface area contributed by atoms with Crippen molar-refractivity contribution in [1.82, 2.24) is 25.1 Å². The average Bonchev–Trinajstić information content (AvgIpc) is 3.17. The van der Waals surface area contributed by atoms with Crippen LogP contribution in [0.2, 0.25) is 0 Å². The van der Waals surface area contributed by atoms with E-state index in [1.165, 1.54) is 17.3 Å². The van der Waals surface area contributed by atoms with Crippen LogP contribution < -0.4 is 10.2 Å². The van der Waals surface area contributed by atoms with Crippen molar-refractivity contribution >= 4 is 23.5 Å². The van der Waals surface area contributed by atoms with Crippen molar-refractivity contribution in [3.8, 4) is 5.69 Å². The topological polar surface area (TPSA) is 85.2 Å². The Balaban J connectivity index is 1.32. The van der Waals surface area contributed by atoms with Crippen LogP contribution in [0.1, 0.15) is 36.4 Å². The number of rotatable bonds is 7. The first-order valence-corrected chi connectivity index (χ1v) is 12.5. The molecule has 9 heteroatoms. The van der Waals surface area contributed by atoms with Crippen molar-refractivity contribution in [2.24, 2.45) is 0 Å². The number of aromatic nitrogens is 4. The number of carbonyl (C=O) groups is 1. The molecule has 0 saturated carbocycles. The van der Waals surface area contributed by atoms with E-state index in [-0.39, 0.29) is 23.9 Å². The molecule has 1 aromatic carbocycles. The molecule has 3 aromatic rings. The zero-order valence-corrected chi connectivity index (χ0v) is 21.2. The number of nitrogens with zero attached hydrogens (tertiary/aromatic N) is 5. The first kappa shape index (κ1) is 24.2. The van der Waals surface area contributed by atoms with E-state index >= 15 is 0 Å². The third kappa shape index (κ3) is 5.77. The van der Waals surface area contributed by atoms with Crippen LogP contribution in [0.3, 0.4) is 0 Å². The minimum Gasteiger partial charge on any atom is -0.372 e. The molecule has 2 atom stereocenters. The van der Waals surface area contributed by atoms with E-state index in [1.807, 2.05) is 29.8 Å². The SMILES string of the molecule is Cc1ccc(C)c(-n2c(C)nnc2SCC(=O)NCc2ccc(N3CC(C)OC(C)C3)nc2)c1. The number of aryl methyl sites for hydroxylation is 3. The van der Waals surface area contributed by atoms with Gasteiger partial charge < -0.3 is 15.0 Å². The van der Waals surface area contributed by atoms with Crippen molar-refractivity contribution in [2.45, 2.75) is 58.5 Å². The zero-order chi connectivity index (χ0) is 24.2. The number of thioether (sulfide) groups is 1. The van der Waals surface area contributed by atoms with Crippen LogP contribution in [-0.4, -0.2) is 56.7 Å². The molecule has 0 aliphatic carbocycles. The Kier molecular flexibility index (Phi) is 7.53. The van der Waals surface area contributed by atoms with Gasteiger partial charge in [-0.15, -0.1) is 10.2 Å². The molecule has 1 fully saturated rings. The lowest BCUT2D eigenvalue weighted by molar-refractivity contribution is -0.118. The number of morpholine rings is 1. The highest BCUT2D eigenvalue weighted by Crippen LogP contribution is 2.25. The number of benzene rings is 1. The lowest BCUT2D eigenvalue weighted by Gasteiger charge is -2.36. The predicted octanol–water partition coefficient (Wildman–Crippen LogP) is 3.61. The lowest BCUT2D eigenvalue weighted by atomic mass is 10.1. The Morgan fingerprint density at radius 2 is 1.88 bits per heavy atom. The molecule has 2 aromatic heterocycles. The van der Waals surface area contributed by atoms with Crippen LogP contribution in [0.5, 0.6) is 0 Å². The van der Waals surface area contributed by atoms with Gasteiger partial charge in [-0.1, -0.05) is 30.0 Å². The fourth-order valence-corrected chi connectivity index (χ4v) is 4.95. The lowest BCUT2D eigenvalue weighted by Crippen LogP contribution is -2.45. The van der Waals surface area contributed by atoms with Gasteiger partial charge in [0.1, 0.15) is 11.6 Å². The second-order valence-electron chi connectivity index (χ2n) is 8.91. The van der Waals surface area contributed by atoms with Gasteiger partial charge in [0.25, 0.3) is 0 Å². The standard InChI is InChI=1S/C25H32N6O2S/c1-16-6-7-17(2)22(10-16)31-20(5)28-29-25(31)34-15-24(32)27-12-21-8-9-23(26-11-21)30-13-18(3)33-19(4)14-30/h6-11,18-19H,12-15H2,1-5H3,(H,27,32). The van der Waals surface area contributed by atoms with Gasteiger partial charge in [0.2, 0.25) is 5.91 Å². The fourth-order valence-electron chi connectivity index (χ4n) is 4.13. The van der Waals surface area contributed by atoms with Gasteiger partial charge in [0.05, 0.1) is 23.6 Å². The van der Waals surface area contributed by atoms with Gasteiger partial charge in [-0.25, -0.2) is 4.98 Å². The molecule has 1 saturated heterocycles. The molecular formula is C25H32N6O2S. The molecule has 0 bridgehead atoms. The first-order chi connectivity index (χ1) is 16.3. The largest absolute Gasteiger partial charge is 0.372 e. The highest BCUT2D eigenvalue weighted by Gasteiger charge is 2.23. The molecule has 8 nitrogen and oxygen atoms in total. The summed E-state index contributed by atoms with van der Waals surface area (Å²) in [5.41, 5.74) is 4.31. The molecular weight excluding hydrogens is 448 g/mol. The van der Waals surface area contributed by atoms with E-state index in [9.17, 15) is 4.79 Å². The molecule has 0 radical (unpaired) electrons. The fraction of sp³-hybridized carbons (Fsp3) is 0.440. The Morgan fingerprint density at radius 3 is 2.59 bits per heavy atom. The molecule has 1 aliphatic rings. The molecule has 2 unspecified atom stereocenters. The second-order valence-corrected chi connectivity index (χ2v) is 9.85. The van der Waals surface area contributed by atoms with Gasteiger partial charge in [-0.3, -0.25) is 9.36 Å². The molecule has 180 valence electrons. The Labute approximate surface area is 205 Å². The molecule has 1 aliphatic heterocycles. The molecule has 0 spiro atoms. The van der Waals surface area contributed by atoms with Crippen molar-refractivity contribution in [2.75, 3.05) is 23.7 Å². The normalized spacial score (nSPS) is 18.2. The maximum Gasteiger partial charge on any atom is 0.230 e. The zero-order valence-electron chi connectivity index (χ0n) is 20.4. The van der Waals surface area contributed by atoms with Gasteiger partial charge in [0.15, 0.2) is 5.16 Å². The van der Waals surface area contributed by atoms with Gasteiger partial charge in [-0.05, 0) is 63.4 Å². The van der Waals surface area contributed by atoms with Crippen LogP contribution in [0.4, 0.5) is 5.82 Å². The van der Waals surface area contributed by atoms with Crippen LogP contribution in [-0.2, 0) is 16.1 Å². The molecule has 4 rings (SSSR count). The van der Waals surface area contributed by atoms with E-state index in [0.29, 0.717) is 11.7 Å². The third-order valence-electron chi connectivity index (χ3n) is 5.78. The summed E-state index contributed by atoms with van der Waals surface area (Å²) in [7, 11) is 0. The number of pyridine rings is 1. The van der Waals surface area contributed by atoms with Crippen LogP contribution in [0, 0.1) is 20.8 Å². The third-order valence-corrected chi connectivity index (χ3v) is 6.70. The van der Waals surface area contributed by atoms with E-state index in [0.717, 1.165) is 41.5 Å². The highest BCUT2D eigenvalue weighted by molar-refractivity contribution is 7.99. The van der Waals surface area contributed by atoms with E-state index < -0.39 is 0 Å². The minimum absolute atomic E-state index is 0.0573. The number of ether oxygens (including phenoxy) is 1. The maximum absolute atomic E-state index is 12.5. The number of hydrogen-bond acceptors (Lipinski definition) is 7. The summed E-state index contributed by atoms with van der Waals surface area (Å²) in [6.45, 7) is 12.3. The van der Waals surface area contributed by atoms with Gasteiger partial charge in [-0.2, -0.15) is 0 Å². The number of nitrogens with one attached hydrogen (secondary N) is 1. The monoisotopic (exact) mass is 480 g/mol. The smallest absolute Gasteiger partial charge is 0.230 e.